The average molecular weight is 191 g/mol. The molecule has 0 N–H and O–H groups in total. The lowest BCUT2D eigenvalue weighted by molar-refractivity contribution is 0.578. The molecule has 3 heteroatoms. The number of hydrogen-bond donors (Lipinski definition) is 0. The van der Waals surface area contributed by atoms with Crippen molar-refractivity contribution in [3.63, 3.8) is 0 Å². The molecule has 0 aliphatic rings. The highest BCUT2D eigenvalue weighted by molar-refractivity contribution is 7.91. The predicted octanol–water partition coefficient (Wildman–Crippen LogP) is 2.06. The number of unbranched alkanes of at least 4 members (excludes halogenated alkanes) is 2. The number of rotatable bonds is 6. The fourth-order valence-corrected chi connectivity index (χ4v) is 2.92. The molecule has 12 heavy (non-hydrogen) atoms. The first-order chi connectivity index (χ1) is 5.48. The maximum Gasteiger partial charge on any atom is 0.150 e. The third kappa shape index (κ3) is 6.65. The standard InChI is InChI=1S/C9H19O2S/c1-4-5-6-7-12(10,11)8-9(2)3/h9H,1,4-8H2,2-3H3. The van der Waals surface area contributed by atoms with E-state index in [2.05, 4.69) is 6.92 Å². The molecule has 0 aromatic carbocycles. The van der Waals surface area contributed by atoms with Crippen LogP contribution in [0.5, 0.6) is 0 Å². The van der Waals surface area contributed by atoms with Crippen molar-refractivity contribution in [3.8, 4) is 0 Å². The molecule has 0 aliphatic carbocycles. The Balaban J connectivity index is 3.73. The van der Waals surface area contributed by atoms with Crippen molar-refractivity contribution in [2.45, 2.75) is 33.1 Å². The Kier molecular flexibility index (Phi) is 5.55. The SMILES string of the molecule is [CH2]CCCCS(=O)(=O)CC(C)C. The fraction of sp³-hybridized carbons (Fsp3) is 0.889. The highest BCUT2D eigenvalue weighted by Crippen LogP contribution is 2.04. The van der Waals surface area contributed by atoms with Crippen molar-refractivity contribution in [1.29, 1.82) is 0 Å². The quantitative estimate of drug-likeness (QED) is 0.602. The second kappa shape index (κ2) is 5.57. The summed E-state index contributed by atoms with van der Waals surface area (Å²) in [4.78, 5) is 0. The molecule has 0 atom stereocenters. The summed E-state index contributed by atoms with van der Waals surface area (Å²) in [7, 11) is -2.78. The molecule has 0 aromatic heterocycles. The van der Waals surface area contributed by atoms with Gasteiger partial charge in [-0.15, -0.1) is 0 Å². The number of sulfone groups is 1. The highest BCUT2D eigenvalue weighted by Gasteiger charge is 2.11. The summed E-state index contributed by atoms with van der Waals surface area (Å²) in [5.41, 5.74) is 0. The van der Waals surface area contributed by atoms with Crippen molar-refractivity contribution in [2.75, 3.05) is 11.5 Å². The van der Waals surface area contributed by atoms with Crippen LogP contribution in [0.3, 0.4) is 0 Å². The molecule has 0 saturated heterocycles. The average Bonchev–Trinajstić information content (AvgIpc) is 1.84. The van der Waals surface area contributed by atoms with Crippen molar-refractivity contribution in [3.05, 3.63) is 6.92 Å². The predicted molar refractivity (Wildman–Crippen MR) is 52.7 cm³/mol. The Labute approximate surface area is 76.3 Å². The van der Waals surface area contributed by atoms with Crippen LogP contribution in [0.2, 0.25) is 0 Å². The van der Waals surface area contributed by atoms with Gasteiger partial charge in [-0.05, 0) is 12.3 Å². The van der Waals surface area contributed by atoms with Gasteiger partial charge >= 0.3 is 0 Å². The molecule has 0 bridgehead atoms. The van der Waals surface area contributed by atoms with Crippen molar-refractivity contribution < 1.29 is 8.42 Å². The van der Waals surface area contributed by atoms with Crippen LogP contribution in [0.4, 0.5) is 0 Å². The Hall–Kier alpha value is -0.0500. The molecule has 0 fully saturated rings. The molecule has 0 saturated carbocycles. The van der Waals surface area contributed by atoms with Gasteiger partial charge in [-0.1, -0.05) is 33.6 Å². The van der Waals surface area contributed by atoms with Crippen LogP contribution in [0.25, 0.3) is 0 Å². The molecule has 1 radical (unpaired) electrons. The van der Waals surface area contributed by atoms with E-state index in [0.717, 1.165) is 19.3 Å². The smallest absolute Gasteiger partial charge is 0.150 e. The maximum absolute atomic E-state index is 11.3. The Morgan fingerprint density at radius 3 is 2.25 bits per heavy atom. The summed E-state index contributed by atoms with van der Waals surface area (Å²) >= 11 is 0. The normalized spacial score (nSPS) is 12.3. The van der Waals surface area contributed by atoms with E-state index in [4.69, 9.17) is 0 Å². The summed E-state index contributed by atoms with van der Waals surface area (Å²) in [6.07, 6.45) is 2.51. The van der Waals surface area contributed by atoms with Gasteiger partial charge in [0.15, 0.2) is 9.84 Å². The van der Waals surface area contributed by atoms with Gasteiger partial charge in [0, 0.05) is 0 Å². The lowest BCUT2D eigenvalue weighted by Gasteiger charge is -2.05. The maximum atomic E-state index is 11.3. The zero-order valence-electron chi connectivity index (χ0n) is 8.04. The van der Waals surface area contributed by atoms with Crippen LogP contribution >= 0.6 is 0 Å². The Bertz CT molecular complexity index is 193. The second-order valence-corrected chi connectivity index (χ2v) is 5.80. The first kappa shape index (κ1) is 11.9. The first-order valence-corrected chi connectivity index (χ1v) is 6.29. The van der Waals surface area contributed by atoms with Gasteiger partial charge in [-0.3, -0.25) is 0 Å². The van der Waals surface area contributed by atoms with Crippen molar-refractivity contribution in [2.24, 2.45) is 5.92 Å². The molecule has 0 spiro atoms. The van der Waals surface area contributed by atoms with E-state index in [-0.39, 0.29) is 5.92 Å². The minimum Gasteiger partial charge on any atom is -0.229 e. The molecule has 0 amide bonds. The van der Waals surface area contributed by atoms with Gasteiger partial charge in [0.2, 0.25) is 0 Å². The molecular formula is C9H19O2S. The molecule has 0 rings (SSSR count). The molecule has 73 valence electrons. The fourth-order valence-electron chi connectivity index (χ4n) is 1.09. The van der Waals surface area contributed by atoms with Gasteiger partial charge in [-0.2, -0.15) is 0 Å². The topological polar surface area (TPSA) is 34.1 Å². The molecule has 0 heterocycles. The summed E-state index contributed by atoms with van der Waals surface area (Å²) < 4.78 is 22.6. The summed E-state index contributed by atoms with van der Waals surface area (Å²) in [6.45, 7) is 7.53. The Morgan fingerprint density at radius 2 is 1.83 bits per heavy atom. The zero-order valence-corrected chi connectivity index (χ0v) is 8.86. The third-order valence-corrected chi connectivity index (χ3v) is 3.63. The van der Waals surface area contributed by atoms with E-state index in [1.54, 1.807) is 0 Å². The lowest BCUT2D eigenvalue weighted by atomic mass is 10.3. The number of hydrogen-bond acceptors (Lipinski definition) is 2. The molecular weight excluding hydrogens is 172 g/mol. The van der Waals surface area contributed by atoms with Gasteiger partial charge in [0.25, 0.3) is 0 Å². The van der Waals surface area contributed by atoms with Crippen LogP contribution in [0.1, 0.15) is 33.1 Å². The molecule has 0 aromatic rings. The van der Waals surface area contributed by atoms with Gasteiger partial charge in [-0.25, -0.2) is 8.42 Å². The minimum atomic E-state index is -2.78. The largest absolute Gasteiger partial charge is 0.229 e. The minimum absolute atomic E-state index is 0.245. The van der Waals surface area contributed by atoms with Gasteiger partial charge < -0.3 is 0 Å². The van der Waals surface area contributed by atoms with Crippen LogP contribution in [0.15, 0.2) is 0 Å². The van der Waals surface area contributed by atoms with E-state index in [9.17, 15) is 8.42 Å². The summed E-state index contributed by atoms with van der Waals surface area (Å²) in [5.74, 6) is 0.903. The van der Waals surface area contributed by atoms with Crippen LogP contribution < -0.4 is 0 Å². The van der Waals surface area contributed by atoms with Gasteiger partial charge in [0.05, 0.1) is 11.5 Å². The van der Waals surface area contributed by atoms with Crippen LogP contribution in [-0.4, -0.2) is 19.9 Å². The first-order valence-electron chi connectivity index (χ1n) is 4.47. The van der Waals surface area contributed by atoms with E-state index < -0.39 is 9.84 Å². The van der Waals surface area contributed by atoms with E-state index in [1.807, 2.05) is 13.8 Å². The lowest BCUT2D eigenvalue weighted by Crippen LogP contribution is -2.15. The van der Waals surface area contributed by atoms with Gasteiger partial charge in [0.1, 0.15) is 0 Å². The summed E-state index contributed by atoms with van der Waals surface area (Å²) in [5, 5.41) is 0. The monoisotopic (exact) mass is 191 g/mol. The highest BCUT2D eigenvalue weighted by atomic mass is 32.2. The van der Waals surface area contributed by atoms with Crippen molar-refractivity contribution >= 4 is 9.84 Å². The third-order valence-electron chi connectivity index (χ3n) is 1.54. The molecule has 0 aliphatic heterocycles. The van der Waals surface area contributed by atoms with E-state index in [0.29, 0.717) is 11.5 Å². The van der Waals surface area contributed by atoms with Crippen molar-refractivity contribution in [1.82, 2.24) is 0 Å². The molecule has 0 unspecified atom stereocenters. The van der Waals surface area contributed by atoms with Crippen LogP contribution in [0, 0.1) is 12.8 Å². The summed E-state index contributed by atoms with van der Waals surface area (Å²) in [6, 6.07) is 0. The Morgan fingerprint density at radius 1 is 1.25 bits per heavy atom. The van der Waals surface area contributed by atoms with E-state index >= 15 is 0 Å². The zero-order chi connectivity index (χ0) is 9.61. The second-order valence-electron chi connectivity index (χ2n) is 3.57. The molecule has 2 nitrogen and oxygen atoms in total. The van der Waals surface area contributed by atoms with E-state index in [1.165, 1.54) is 0 Å². The van der Waals surface area contributed by atoms with Crippen LogP contribution in [-0.2, 0) is 9.84 Å².